The first-order valence-corrected chi connectivity index (χ1v) is 7.64. The van der Waals surface area contributed by atoms with E-state index in [9.17, 15) is 9.59 Å². The molecule has 2 heterocycles. The molecular formula is C13H20N4O2S. The van der Waals surface area contributed by atoms with Crippen molar-refractivity contribution in [3.63, 3.8) is 0 Å². The molecule has 6 nitrogen and oxygen atoms in total. The summed E-state index contributed by atoms with van der Waals surface area (Å²) in [6.45, 7) is 8.46. The lowest BCUT2D eigenvalue weighted by atomic mass is 10.1. The molecule has 1 aromatic rings. The highest BCUT2D eigenvalue weighted by Crippen LogP contribution is 2.25. The predicted molar refractivity (Wildman–Crippen MR) is 77.6 cm³/mol. The molecule has 0 bridgehead atoms. The molecule has 7 heteroatoms. The summed E-state index contributed by atoms with van der Waals surface area (Å²) < 4.78 is 0. The average Bonchev–Trinajstić information content (AvgIpc) is 2.95. The van der Waals surface area contributed by atoms with Crippen LogP contribution in [0.3, 0.4) is 0 Å². The van der Waals surface area contributed by atoms with Crippen LogP contribution in [0.2, 0.25) is 0 Å². The third kappa shape index (κ3) is 3.15. The molecule has 0 radical (unpaired) electrons. The Hall–Kier alpha value is -1.50. The van der Waals surface area contributed by atoms with Gasteiger partial charge in [0.15, 0.2) is 0 Å². The van der Waals surface area contributed by atoms with E-state index in [4.69, 9.17) is 0 Å². The number of likely N-dealkylation sites (tertiary alicyclic amines) is 1. The highest BCUT2D eigenvalue weighted by atomic mass is 32.1. The molecule has 1 atom stereocenters. The maximum absolute atomic E-state index is 12.2. The van der Waals surface area contributed by atoms with E-state index in [1.807, 2.05) is 27.7 Å². The van der Waals surface area contributed by atoms with Crippen molar-refractivity contribution in [1.29, 1.82) is 0 Å². The van der Waals surface area contributed by atoms with Crippen molar-refractivity contribution in [3.8, 4) is 0 Å². The molecule has 0 saturated carbocycles. The first-order valence-electron chi connectivity index (χ1n) is 6.82. The summed E-state index contributed by atoms with van der Waals surface area (Å²) in [6, 6.07) is 0.134. The zero-order valence-electron chi connectivity index (χ0n) is 12.2. The number of hydrogen-bond acceptors (Lipinski definition) is 5. The van der Waals surface area contributed by atoms with Crippen molar-refractivity contribution in [2.45, 2.75) is 46.1 Å². The molecule has 1 fully saturated rings. The maximum atomic E-state index is 12.2. The van der Waals surface area contributed by atoms with E-state index in [0.29, 0.717) is 17.6 Å². The van der Waals surface area contributed by atoms with Gasteiger partial charge in [-0.2, -0.15) is 0 Å². The Morgan fingerprint density at radius 3 is 2.55 bits per heavy atom. The van der Waals surface area contributed by atoms with E-state index in [2.05, 4.69) is 15.5 Å². The Kier molecular flexibility index (Phi) is 4.37. The van der Waals surface area contributed by atoms with E-state index >= 15 is 0 Å². The second-order valence-electron chi connectivity index (χ2n) is 5.63. The van der Waals surface area contributed by atoms with Gasteiger partial charge >= 0.3 is 0 Å². The summed E-state index contributed by atoms with van der Waals surface area (Å²) in [5, 5.41) is 12.2. The molecule has 1 saturated heterocycles. The van der Waals surface area contributed by atoms with Crippen molar-refractivity contribution in [2.75, 3.05) is 11.9 Å². The van der Waals surface area contributed by atoms with Gasteiger partial charge in [0.1, 0.15) is 5.01 Å². The van der Waals surface area contributed by atoms with Crippen LogP contribution in [-0.2, 0) is 9.59 Å². The van der Waals surface area contributed by atoms with Gasteiger partial charge in [-0.1, -0.05) is 25.2 Å². The van der Waals surface area contributed by atoms with Crippen LogP contribution in [0.4, 0.5) is 5.13 Å². The van der Waals surface area contributed by atoms with Crippen LogP contribution in [0.15, 0.2) is 0 Å². The van der Waals surface area contributed by atoms with Crippen molar-refractivity contribution in [3.05, 3.63) is 5.01 Å². The lowest BCUT2D eigenvalue weighted by molar-refractivity contribution is -0.129. The van der Waals surface area contributed by atoms with E-state index < -0.39 is 0 Å². The Morgan fingerprint density at radius 2 is 2.05 bits per heavy atom. The fourth-order valence-electron chi connectivity index (χ4n) is 2.13. The van der Waals surface area contributed by atoms with Crippen LogP contribution < -0.4 is 5.32 Å². The number of aromatic nitrogens is 2. The fraction of sp³-hybridized carbons (Fsp3) is 0.692. The first kappa shape index (κ1) is 14.9. The minimum atomic E-state index is -0.295. The van der Waals surface area contributed by atoms with E-state index in [1.165, 1.54) is 11.3 Å². The van der Waals surface area contributed by atoms with Gasteiger partial charge in [-0.15, -0.1) is 10.2 Å². The number of nitrogens with zero attached hydrogens (tertiary/aromatic N) is 3. The lowest BCUT2D eigenvalue weighted by Crippen LogP contribution is -2.33. The quantitative estimate of drug-likeness (QED) is 0.920. The normalized spacial score (nSPS) is 19.2. The van der Waals surface area contributed by atoms with Gasteiger partial charge in [0.2, 0.25) is 16.9 Å². The van der Waals surface area contributed by atoms with Gasteiger partial charge < -0.3 is 10.2 Å². The number of amides is 2. The summed E-state index contributed by atoms with van der Waals surface area (Å²) in [7, 11) is 0. The van der Waals surface area contributed by atoms with E-state index in [1.54, 1.807) is 4.90 Å². The summed E-state index contributed by atoms with van der Waals surface area (Å²) >= 11 is 1.38. The van der Waals surface area contributed by atoms with Gasteiger partial charge in [-0.25, -0.2) is 0 Å². The zero-order chi connectivity index (χ0) is 14.9. The van der Waals surface area contributed by atoms with E-state index in [-0.39, 0.29) is 30.2 Å². The van der Waals surface area contributed by atoms with Crippen molar-refractivity contribution in [1.82, 2.24) is 15.1 Å². The second-order valence-corrected chi connectivity index (χ2v) is 6.64. The molecule has 0 unspecified atom stereocenters. The highest BCUT2D eigenvalue weighted by Gasteiger charge is 2.35. The number of rotatable bonds is 4. The zero-order valence-corrected chi connectivity index (χ0v) is 13.0. The number of carbonyl (C=O) groups excluding carboxylic acids is 2. The molecule has 2 amide bonds. The molecule has 2 rings (SSSR count). The fourth-order valence-corrected chi connectivity index (χ4v) is 2.88. The summed E-state index contributed by atoms with van der Waals surface area (Å²) in [5.74, 6) is -0.104. The topological polar surface area (TPSA) is 75.2 Å². The number of hydrogen-bond donors (Lipinski definition) is 1. The Labute approximate surface area is 122 Å². The van der Waals surface area contributed by atoms with Crippen LogP contribution >= 0.6 is 11.3 Å². The average molecular weight is 296 g/mol. The monoisotopic (exact) mass is 296 g/mol. The third-order valence-electron chi connectivity index (χ3n) is 3.32. The maximum Gasteiger partial charge on any atom is 0.231 e. The van der Waals surface area contributed by atoms with Gasteiger partial charge in [0.25, 0.3) is 0 Å². The highest BCUT2D eigenvalue weighted by molar-refractivity contribution is 7.15. The standard InChI is InChI=1S/C13H20N4O2S/c1-7(2)12-15-16-13(20-12)14-11(19)9-5-10(18)17(6-9)8(3)4/h7-9H,5-6H2,1-4H3,(H,14,16,19)/t9-/m1/s1. The smallest absolute Gasteiger partial charge is 0.231 e. The van der Waals surface area contributed by atoms with Gasteiger partial charge in [-0.05, 0) is 13.8 Å². The van der Waals surface area contributed by atoms with Crippen LogP contribution in [0, 0.1) is 5.92 Å². The van der Waals surface area contributed by atoms with E-state index in [0.717, 1.165) is 5.01 Å². The van der Waals surface area contributed by atoms with Crippen LogP contribution in [0.1, 0.15) is 45.0 Å². The molecule has 1 aliphatic heterocycles. The van der Waals surface area contributed by atoms with Crippen molar-refractivity contribution >= 4 is 28.3 Å². The molecular weight excluding hydrogens is 276 g/mol. The molecule has 1 aromatic heterocycles. The number of carbonyl (C=O) groups is 2. The number of nitrogens with one attached hydrogen (secondary N) is 1. The lowest BCUT2D eigenvalue weighted by Gasteiger charge is -2.20. The Morgan fingerprint density at radius 1 is 1.35 bits per heavy atom. The third-order valence-corrected chi connectivity index (χ3v) is 4.46. The van der Waals surface area contributed by atoms with Gasteiger partial charge in [0, 0.05) is 24.9 Å². The van der Waals surface area contributed by atoms with Gasteiger partial charge in [0.05, 0.1) is 5.92 Å². The molecule has 110 valence electrons. The second kappa shape index (κ2) is 5.87. The molecule has 0 aliphatic carbocycles. The minimum Gasteiger partial charge on any atom is -0.339 e. The molecule has 0 spiro atoms. The minimum absolute atomic E-state index is 0.0419. The van der Waals surface area contributed by atoms with Crippen LogP contribution in [-0.4, -0.2) is 39.5 Å². The van der Waals surface area contributed by atoms with Crippen LogP contribution in [0.5, 0.6) is 0 Å². The first-order chi connectivity index (χ1) is 9.38. The molecule has 1 aliphatic rings. The predicted octanol–water partition coefficient (Wildman–Crippen LogP) is 1.86. The van der Waals surface area contributed by atoms with Crippen LogP contribution in [0.25, 0.3) is 0 Å². The summed E-state index contributed by atoms with van der Waals surface area (Å²) in [5.41, 5.74) is 0. The van der Waals surface area contributed by atoms with Crippen molar-refractivity contribution in [2.24, 2.45) is 5.92 Å². The molecule has 0 aromatic carbocycles. The SMILES string of the molecule is CC(C)c1nnc(NC(=O)[C@@H]2CC(=O)N(C(C)C)C2)s1. The number of anilines is 1. The van der Waals surface area contributed by atoms with Gasteiger partial charge in [-0.3, -0.25) is 9.59 Å². The Bertz CT molecular complexity index is 512. The Balaban J connectivity index is 1.97. The largest absolute Gasteiger partial charge is 0.339 e. The summed E-state index contributed by atoms with van der Waals surface area (Å²) in [6.07, 6.45) is 0.278. The summed E-state index contributed by atoms with van der Waals surface area (Å²) in [4.78, 5) is 25.7. The van der Waals surface area contributed by atoms with Crippen molar-refractivity contribution < 1.29 is 9.59 Å². The molecule has 20 heavy (non-hydrogen) atoms. The molecule has 1 N–H and O–H groups in total.